The van der Waals surface area contributed by atoms with Gasteiger partial charge in [0, 0.05) is 12.4 Å². The van der Waals surface area contributed by atoms with Crippen LogP contribution >= 0.6 is 61.1 Å². The molecular formula is C8H4BrI2N3. The highest BCUT2D eigenvalue weighted by molar-refractivity contribution is 14.1. The summed E-state index contributed by atoms with van der Waals surface area (Å²) in [7, 11) is 0. The van der Waals surface area contributed by atoms with Gasteiger partial charge >= 0.3 is 0 Å². The quantitative estimate of drug-likeness (QED) is 0.593. The Bertz CT molecular complexity index is 469. The fourth-order valence-electron chi connectivity index (χ4n) is 1.04. The molecule has 0 aliphatic carbocycles. The lowest BCUT2D eigenvalue weighted by molar-refractivity contribution is 1.01. The van der Waals surface area contributed by atoms with Crippen molar-refractivity contribution < 1.29 is 0 Å². The van der Waals surface area contributed by atoms with E-state index in [-0.39, 0.29) is 0 Å². The number of halogens is 3. The van der Waals surface area contributed by atoms with E-state index in [2.05, 4.69) is 71.1 Å². The largest absolute Gasteiger partial charge is 0.292 e. The van der Waals surface area contributed by atoms with Crippen LogP contribution in [-0.2, 0) is 0 Å². The first kappa shape index (κ1) is 10.8. The summed E-state index contributed by atoms with van der Waals surface area (Å²) in [6.45, 7) is 0. The van der Waals surface area contributed by atoms with Gasteiger partial charge in [-0.25, -0.2) is 4.98 Å². The Morgan fingerprint density at radius 1 is 1.36 bits per heavy atom. The molecule has 0 spiro atoms. The molecule has 14 heavy (non-hydrogen) atoms. The zero-order valence-electron chi connectivity index (χ0n) is 6.78. The van der Waals surface area contributed by atoms with Gasteiger partial charge in [0.1, 0.15) is 13.7 Å². The minimum atomic E-state index is 0.965. The van der Waals surface area contributed by atoms with E-state index in [1.54, 1.807) is 12.4 Å². The summed E-state index contributed by atoms with van der Waals surface area (Å²) >= 11 is 7.94. The average molecular weight is 476 g/mol. The molecule has 2 rings (SSSR count). The number of hydrogen-bond acceptors (Lipinski definition) is 2. The van der Waals surface area contributed by atoms with E-state index < -0.39 is 0 Å². The second-order valence-corrected chi connectivity index (χ2v) is 5.42. The van der Waals surface area contributed by atoms with Crippen molar-refractivity contribution in [3.63, 3.8) is 0 Å². The number of imidazole rings is 1. The van der Waals surface area contributed by atoms with E-state index in [0.29, 0.717) is 0 Å². The Morgan fingerprint density at radius 2 is 2.14 bits per heavy atom. The van der Waals surface area contributed by atoms with Crippen molar-refractivity contribution in [2.24, 2.45) is 0 Å². The van der Waals surface area contributed by atoms with Gasteiger partial charge in [0.05, 0.1) is 10.2 Å². The van der Waals surface area contributed by atoms with E-state index in [0.717, 1.165) is 17.6 Å². The zero-order valence-corrected chi connectivity index (χ0v) is 12.7. The standard InChI is InChI=1S/C8H4BrI2N3/c9-5-3-12-2-1-6(5)14-4-13-7(10)8(14)11/h1-4H. The van der Waals surface area contributed by atoms with Crippen LogP contribution in [0.2, 0.25) is 0 Å². The number of nitrogens with zero attached hydrogens (tertiary/aromatic N) is 3. The Balaban J connectivity index is 2.60. The second kappa shape index (κ2) is 4.44. The Hall–Kier alpha value is 0.300. The number of rotatable bonds is 1. The van der Waals surface area contributed by atoms with Crippen molar-refractivity contribution in [1.29, 1.82) is 0 Å². The summed E-state index contributed by atoms with van der Waals surface area (Å²) < 4.78 is 5.10. The molecule has 0 atom stereocenters. The molecule has 0 saturated carbocycles. The molecule has 0 aliphatic rings. The van der Waals surface area contributed by atoms with E-state index in [1.807, 2.05) is 17.0 Å². The monoisotopic (exact) mass is 475 g/mol. The van der Waals surface area contributed by atoms with Gasteiger partial charge in [0.15, 0.2) is 0 Å². The molecule has 0 N–H and O–H groups in total. The second-order valence-electron chi connectivity index (χ2n) is 2.52. The van der Waals surface area contributed by atoms with Gasteiger partial charge in [-0.2, -0.15) is 0 Å². The van der Waals surface area contributed by atoms with Gasteiger partial charge in [-0.3, -0.25) is 9.55 Å². The van der Waals surface area contributed by atoms with Crippen LogP contribution in [-0.4, -0.2) is 14.5 Å². The molecule has 2 aromatic rings. The summed E-state index contributed by atoms with van der Waals surface area (Å²) in [6, 6.07) is 1.95. The molecule has 0 aliphatic heterocycles. The van der Waals surface area contributed by atoms with Crippen molar-refractivity contribution in [1.82, 2.24) is 14.5 Å². The topological polar surface area (TPSA) is 30.7 Å². The first-order valence-corrected chi connectivity index (χ1v) is 6.63. The van der Waals surface area contributed by atoms with Crippen molar-refractivity contribution in [3.8, 4) is 5.69 Å². The van der Waals surface area contributed by atoms with Crippen LogP contribution in [0, 0.1) is 7.40 Å². The van der Waals surface area contributed by atoms with E-state index in [1.165, 1.54) is 0 Å². The van der Waals surface area contributed by atoms with Gasteiger partial charge in [-0.1, -0.05) is 0 Å². The van der Waals surface area contributed by atoms with Gasteiger partial charge < -0.3 is 0 Å². The molecule has 6 heteroatoms. The smallest absolute Gasteiger partial charge is 0.133 e. The van der Waals surface area contributed by atoms with Crippen LogP contribution < -0.4 is 0 Å². The van der Waals surface area contributed by atoms with Crippen molar-refractivity contribution in [2.75, 3.05) is 0 Å². The zero-order chi connectivity index (χ0) is 10.1. The maximum absolute atomic E-state index is 4.23. The molecule has 2 heterocycles. The normalized spacial score (nSPS) is 10.5. The summed E-state index contributed by atoms with van der Waals surface area (Å²) in [5, 5.41) is 0. The van der Waals surface area contributed by atoms with Gasteiger partial charge in [-0.05, 0) is 67.2 Å². The maximum atomic E-state index is 4.23. The van der Waals surface area contributed by atoms with Crippen LogP contribution in [0.3, 0.4) is 0 Å². The molecule has 0 radical (unpaired) electrons. The van der Waals surface area contributed by atoms with Crippen molar-refractivity contribution >= 4 is 61.1 Å². The van der Waals surface area contributed by atoms with E-state index in [4.69, 9.17) is 0 Å². The Labute approximate surface area is 117 Å². The first-order valence-electron chi connectivity index (χ1n) is 3.68. The summed E-state index contributed by atoms with van der Waals surface area (Å²) in [5.74, 6) is 0. The molecular weight excluding hydrogens is 472 g/mol. The third-order valence-electron chi connectivity index (χ3n) is 1.68. The number of aromatic nitrogens is 3. The molecule has 0 aromatic carbocycles. The summed E-state index contributed by atoms with van der Waals surface area (Å²) in [6.07, 6.45) is 5.35. The first-order chi connectivity index (χ1) is 6.70. The minimum Gasteiger partial charge on any atom is -0.292 e. The average Bonchev–Trinajstić information content (AvgIpc) is 2.49. The van der Waals surface area contributed by atoms with Gasteiger partial charge in [0.2, 0.25) is 0 Å². The molecule has 0 fully saturated rings. The third-order valence-corrected chi connectivity index (χ3v) is 5.14. The predicted molar refractivity (Wildman–Crippen MR) is 74.5 cm³/mol. The van der Waals surface area contributed by atoms with Crippen LogP contribution in [0.1, 0.15) is 0 Å². The van der Waals surface area contributed by atoms with Crippen LogP contribution in [0.25, 0.3) is 5.69 Å². The fraction of sp³-hybridized carbons (Fsp3) is 0. The predicted octanol–water partition coefficient (Wildman–Crippen LogP) is 3.24. The molecule has 2 aromatic heterocycles. The highest BCUT2D eigenvalue weighted by Crippen LogP contribution is 2.23. The lowest BCUT2D eigenvalue weighted by atomic mass is 10.4. The number of pyridine rings is 1. The lowest BCUT2D eigenvalue weighted by Gasteiger charge is -2.05. The fourth-order valence-corrected chi connectivity index (χ4v) is 2.39. The highest BCUT2D eigenvalue weighted by Gasteiger charge is 2.08. The van der Waals surface area contributed by atoms with Crippen LogP contribution in [0.15, 0.2) is 29.3 Å². The maximum Gasteiger partial charge on any atom is 0.133 e. The van der Waals surface area contributed by atoms with Crippen molar-refractivity contribution in [3.05, 3.63) is 36.7 Å². The minimum absolute atomic E-state index is 0.965. The molecule has 3 nitrogen and oxygen atoms in total. The lowest BCUT2D eigenvalue weighted by Crippen LogP contribution is -1.96. The third kappa shape index (κ3) is 1.96. The molecule has 0 amide bonds. The van der Waals surface area contributed by atoms with E-state index >= 15 is 0 Å². The number of hydrogen-bond donors (Lipinski definition) is 0. The summed E-state index contributed by atoms with van der Waals surface area (Å²) in [4.78, 5) is 8.26. The van der Waals surface area contributed by atoms with Crippen LogP contribution in [0.4, 0.5) is 0 Å². The highest BCUT2D eigenvalue weighted by atomic mass is 127. The molecule has 0 unspecified atom stereocenters. The van der Waals surface area contributed by atoms with Gasteiger partial charge in [-0.15, -0.1) is 0 Å². The Morgan fingerprint density at radius 3 is 2.71 bits per heavy atom. The SMILES string of the molecule is Brc1cnccc1-n1cnc(I)c1I. The van der Waals surface area contributed by atoms with Gasteiger partial charge in [0.25, 0.3) is 0 Å². The molecule has 0 bridgehead atoms. The summed E-state index contributed by atoms with van der Waals surface area (Å²) in [5.41, 5.74) is 1.06. The molecule has 0 saturated heterocycles. The molecule has 72 valence electrons. The van der Waals surface area contributed by atoms with Crippen molar-refractivity contribution in [2.45, 2.75) is 0 Å². The van der Waals surface area contributed by atoms with Crippen LogP contribution in [0.5, 0.6) is 0 Å². The van der Waals surface area contributed by atoms with E-state index in [9.17, 15) is 0 Å². The Kier molecular flexibility index (Phi) is 3.42.